The Labute approximate surface area is 121 Å². The van der Waals surface area contributed by atoms with E-state index in [9.17, 15) is 9.90 Å². The summed E-state index contributed by atoms with van der Waals surface area (Å²) in [7, 11) is 1.39. The second-order valence-electron chi connectivity index (χ2n) is 4.93. The highest BCUT2D eigenvalue weighted by atomic mass is 79.9. The van der Waals surface area contributed by atoms with E-state index >= 15 is 0 Å². The number of rotatable bonds is 3. The third-order valence-electron chi connectivity index (χ3n) is 3.53. The topological polar surface area (TPSA) is 49.8 Å². The first-order chi connectivity index (χ1) is 9.01. The van der Waals surface area contributed by atoms with Gasteiger partial charge in [-0.15, -0.1) is 0 Å². The van der Waals surface area contributed by atoms with Crippen molar-refractivity contribution in [3.63, 3.8) is 0 Å². The smallest absolute Gasteiger partial charge is 0.323 e. The largest absolute Gasteiger partial charge is 0.468 e. The van der Waals surface area contributed by atoms with Gasteiger partial charge in [-0.25, -0.2) is 0 Å². The number of methoxy groups -OCH3 is 1. The number of esters is 1. The van der Waals surface area contributed by atoms with Crippen molar-refractivity contribution in [3.8, 4) is 0 Å². The van der Waals surface area contributed by atoms with Crippen LogP contribution in [0.15, 0.2) is 22.7 Å². The molecule has 1 fully saturated rings. The molecule has 1 heterocycles. The highest BCUT2D eigenvalue weighted by Crippen LogP contribution is 2.24. The zero-order chi connectivity index (χ0) is 14.0. The van der Waals surface area contributed by atoms with E-state index in [-0.39, 0.29) is 12.0 Å². The summed E-state index contributed by atoms with van der Waals surface area (Å²) < 4.78 is 5.84. The second-order valence-corrected chi connectivity index (χ2v) is 5.84. The first kappa shape index (κ1) is 14.5. The molecule has 0 radical (unpaired) electrons. The van der Waals surface area contributed by atoms with Gasteiger partial charge in [0.1, 0.15) is 6.04 Å². The third-order valence-corrected chi connectivity index (χ3v) is 4.03. The van der Waals surface area contributed by atoms with Crippen molar-refractivity contribution in [3.05, 3.63) is 33.8 Å². The van der Waals surface area contributed by atoms with Gasteiger partial charge >= 0.3 is 5.97 Å². The van der Waals surface area contributed by atoms with E-state index in [0.29, 0.717) is 19.5 Å². The minimum atomic E-state index is -0.458. The van der Waals surface area contributed by atoms with Crippen LogP contribution in [0.3, 0.4) is 0 Å². The first-order valence-corrected chi connectivity index (χ1v) is 7.05. The summed E-state index contributed by atoms with van der Waals surface area (Å²) in [4.78, 5) is 13.7. The van der Waals surface area contributed by atoms with Gasteiger partial charge in [-0.05, 0) is 30.2 Å². The fraction of sp³-hybridized carbons (Fsp3) is 0.500. The molecule has 1 aliphatic rings. The van der Waals surface area contributed by atoms with Gasteiger partial charge in [-0.3, -0.25) is 9.69 Å². The van der Waals surface area contributed by atoms with Crippen molar-refractivity contribution in [1.82, 2.24) is 4.90 Å². The molecule has 2 rings (SSSR count). The lowest BCUT2D eigenvalue weighted by atomic mass is 10.1. The Morgan fingerprint density at radius 2 is 2.32 bits per heavy atom. The van der Waals surface area contributed by atoms with Crippen molar-refractivity contribution < 1.29 is 14.6 Å². The van der Waals surface area contributed by atoms with Gasteiger partial charge in [0.2, 0.25) is 0 Å². The number of β-amino-alcohol motifs (C(OH)–C–C–N with tert-alkyl or cyclic N) is 1. The van der Waals surface area contributed by atoms with Crippen LogP contribution in [0, 0.1) is 6.92 Å². The number of nitrogens with zero attached hydrogens (tertiary/aromatic N) is 1. The molecule has 0 spiro atoms. The van der Waals surface area contributed by atoms with Crippen LogP contribution in [0.2, 0.25) is 0 Å². The van der Waals surface area contributed by atoms with Crippen LogP contribution in [0.4, 0.5) is 0 Å². The summed E-state index contributed by atoms with van der Waals surface area (Å²) in [6, 6.07) is 5.73. The molecule has 1 aromatic carbocycles. The zero-order valence-corrected chi connectivity index (χ0v) is 12.7. The molecule has 0 aliphatic carbocycles. The first-order valence-electron chi connectivity index (χ1n) is 6.26. The van der Waals surface area contributed by atoms with E-state index in [1.807, 2.05) is 24.0 Å². The Bertz CT molecular complexity index is 478. The molecule has 5 heteroatoms. The van der Waals surface area contributed by atoms with E-state index < -0.39 is 6.10 Å². The summed E-state index contributed by atoms with van der Waals surface area (Å²) in [5, 5.41) is 9.75. The lowest BCUT2D eigenvalue weighted by molar-refractivity contribution is -0.146. The molecule has 4 nitrogen and oxygen atoms in total. The van der Waals surface area contributed by atoms with E-state index in [0.717, 1.165) is 10.0 Å². The molecule has 104 valence electrons. The summed E-state index contributed by atoms with van der Waals surface area (Å²) in [6.45, 7) is 3.20. The average molecular weight is 328 g/mol. The van der Waals surface area contributed by atoms with Gasteiger partial charge in [0, 0.05) is 24.0 Å². The number of benzene rings is 1. The molecular weight excluding hydrogens is 310 g/mol. The number of hydrogen-bond donors (Lipinski definition) is 1. The minimum absolute atomic E-state index is 0.272. The average Bonchev–Trinajstić information content (AvgIpc) is 2.73. The lowest BCUT2D eigenvalue weighted by Gasteiger charge is -2.22. The predicted molar refractivity (Wildman–Crippen MR) is 75.7 cm³/mol. The third kappa shape index (κ3) is 3.35. The number of halogens is 1. The molecule has 0 amide bonds. The minimum Gasteiger partial charge on any atom is -0.468 e. The molecule has 1 saturated heterocycles. The van der Waals surface area contributed by atoms with E-state index in [4.69, 9.17) is 4.74 Å². The predicted octanol–water partition coefficient (Wildman–Crippen LogP) is 1.87. The van der Waals surface area contributed by atoms with Gasteiger partial charge in [0.05, 0.1) is 13.2 Å². The van der Waals surface area contributed by atoms with Gasteiger partial charge < -0.3 is 9.84 Å². The number of carbonyl (C=O) groups is 1. The van der Waals surface area contributed by atoms with Crippen molar-refractivity contribution in [2.45, 2.75) is 32.0 Å². The Kier molecular flexibility index (Phi) is 4.60. The summed E-state index contributed by atoms with van der Waals surface area (Å²) in [5.74, 6) is -0.272. The number of likely N-dealkylation sites (tertiary alicyclic amines) is 1. The molecule has 1 N–H and O–H groups in total. The molecule has 1 aromatic rings. The normalized spacial score (nSPS) is 23.6. The fourth-order valence-electron chi connectivity index (χ4n) is 2.49. The lowest BCUT2D eigenvalue weighted by Crippen LogP contribution is -2.36. The number of ether oxygens (including phenoxy) is 1. The summed E-state index contributed by atoms with van der Waals surface area (Å²) >= 11 is 3.44. The quantitative estimate of drug-likeness (QED) is 0.861. The Morgan fingerprint density at radius 3 is 2.95 bits per heavy atom. The number of hydrogen-bond acceptors (Lipinski definition) is 4. The maximum absolute atomic E-state index is 11.7. The summed E-state index contributed by atoms with van der Waals surface area (Å²) in [6.07, 6.45) is -0.0118. The van der Waals surface area contributed by atoms with E-state index in [1.165, 1.54) is 12.7 Å². The van der Waals surface area contributed by atoms with Crippen molar-refractivity contribution >= 4 is 21.9 Å². The SMILES string of the molecule is COC(=O)[C@H]1C[C@@H](O)CN1Cc1ccc(Br)cc1C. The van der Waals surface area contributed by atoms with Crippen LogP contribution in [-0.2, 0) is 16.1 Å². The molecule has 0 saturated carbocycles. The highest BCUT2D eigenvalue weighted by Gasteiger charge is 2.36. The standard InChI is InChI=1S/C14H18BrNO3/c1-9-5-11(15)4-3-10(9)7-16-8-12(17)6-13(16)14(18)19-2/h3-5,12-13,17H,6-8H2,1-2H3/t12-,13-/m1/s1. The van der Waals surface area contributed by atoms with Gasteiger partial charge in [0.15, 0.2) is 0 Å². The van der Waals surface area contributed by atoms with Crippen LogP contribution in [0.1, 0.15) is 17.5 Å². The molecule has 0 aromatic heterocycles. The van der Waals surface area contributed by atoms with Crippen LogP contribution in [0.5, 0.6) is 0 Å². The van der Waals surface area contributed by atoms with Crippen LogP contribution >= 0.6 is 15.9 Å². The van der Waals surface area contributed by atoms with Gasteiger partial charge in [0.25, 0.3) is 0 Å². The maximum Gasteiger partial charge on any atom is 0.323 e. The highest BCUT2D eigenvalue weighted by molar-refractivity contribution is 9.10. The van der Waals surface area contributed by atoms with E-state index in [1.54, 1.807) is 0 Å². The maximum atomic E-state index is 11.7. The molecule has 19 heavy (non-hydrogen) atoms. The molecule has 1 aliphatic heterocycles. The number of aliphatic hydroxyl groups is 1. The summed E-state index contributed by atoms with van der Waals surface area (Å²) in [5.41, 5.74) is 2.32. The Hall–Kier alpha value is -0.910. The van der Waals surface area contributed by atoms with Crippen molar-refractivity contribution in [2.24, 2.45) is 0 Å². The zero-order valence-electron chi connectivity index (χ0n) is 11.1. The Morgan fingerprint density at radius 1 is 1.58 bits per heavy atom. The molecule has 0 bridgehead atoms. The molecule has 0 unspecified atom stereocenters. The van der Waals surface area contributed by atoms with Gasteiger partial charge in [-0.1, -0.05) is 22.0 Å². The van der Waals surface area contributed by atoms with E-state index in [2.05, 4.69) is 22.0 Å². The fourth-order valence-corrected chi connectivity index (χ4v) is 2.97. The monoisotopic (exact) mass is 327 g/mol. The number of carbonyl (C=O) groups excluding carboxylic acids is 1. The van der Waals surface area contributed by atoms with Gasteiger partial charge in [-0.2, -0.15) is 0 Å². The van der Waals surface area contributed by atoms with Crippen molar-refractivity contribution in [2.75, 3.05) is 13.7 Å². The number of aliphatic hydroxyl groups excluding tert-OH is 1. The number of aryl methyl sites for hydroxylation is 1. The van der Waals surface area contributed by atoms with Crippen molar-refractivity contribution in [1.29, 1.82) is 0 Å². The molecule has 2 atom stereocenters. The van der Waals surface area contributed by atoms with Crippen LogP contribution in [-0.4, -0.2) is 41.8 Å². The van der Waals surface area contributed by atoms with Crippen LogP contribution < -0.4 is 0 Å². The second kappa shape index (κ2) is 6.03. The molecular formula is C14H18BrNO3. The Balaban J connectivity index is 2.14. The van der Waals surface area contributed by atoms with Crippen LogP contribution in [0.25, 0.3) is 0 Å².